The molecule has 0 unspecified atom stereocenters. The lowest BCUT2D eigenvalue weighted by atomic mass is 10.0. The summed E-state index contributed by atoms with van der Waals surface area (Å²) in [7, 11) is 0. The fourth-order valence-electron chi connectivity index (χ4n) is 4.68. The molecule has 0 bridgehead atoms. The third-order valence-electron chi connectivity index (χ3n) is 6.47. The SMILES string of the molecule is CCCCc1nc2c(N)nc3ccccc3c2n1CCOCCNC(=O)c1cccc2ccccc12. The number of pyridine rings is 1. The molecule has 36 heavy (non-hydrogen) atoms. The number of benzene rings is 3. The summed E-state index contributed by atoms with van der Waals surface area (Å²) in [5.74, 6) is 1.37. The third-order valence-corrected chi connectivity index (χ3v) is 6.47. The van der Waals surface area contributed by atoms with Crippen LogP contribution in [0.15, 0.2) is 66.7 Å². The number of amides is 1. The van der Waals surface area contributed by atoms with Gasteiger partial charge in [0.15, 0.2) is 5.82 Å². The largest absolute Gasteiger partial charge is 0.382 e. The molecule has 3 aromatic carbocycles. The van der Waals surface area contributed by atoms with E-state index in [0.717, 1.165) is 57.8 Å². The Kier molecular flexibility index (Phi) is 7.09. The quantitative estimate of drug-likeness (QED) is 0.270. The lowest BCUT2D eigenvalue weighted by Gasteiger charge is -2.12. The van der Waals surface area contributed by atoms with Gasteiger partial charge >= 0.3 is 0 Å². The molecule has 0 spiro atoms. The average molecular weight is 482 g/mol. The molecule has 1 amide bonds. The van der Waals surface area contributed by atoms with E-state index < -0.39 is 0 Å². The van der Waals surface area contributed by atoms with Gasteiger partial charge in [-0.05, 0) is 29.3 Å². The van der Waals surface area contributed by atoms with Crippen LogP contribution in [0.2, 0.25) is 0 Å². The molecular weight excluding hydrogens is 450 g/mol. The van der Waals surface area contributed by atoms with Gasteiger partial charge in [-0.3, -0.25) is 4.79 Å². The first-order valence-corrected chi connectivity index (χ1v) is 12.5. The number of hydrogen-bond donors (Lipinski definition) is 2. The molecule has 5 rings (SSSR count). The molecule has 184 valence electrons. The zero-order valence-electron chi connectivity index (χ0n) is 20.5. The van der Waals surface area contributed by atoms with Gasteiger partial charge in [-0.25, -0.2) is 9.97 Å². The molecule has 0 saturated carbocycles. The maximum Gasteiger partial charge on any atom is 0.251 e. The standard InChI is InChI=1S/C29H31N5O2/c1-2-3-15-25-33-26-27(23-12-6-7-14-24(23)32-28(26)30)34(25)17-19-36-18-16-31-29(35)22-13-8-10-20-9-4-5-11-21(20)22/h4-14H,2-3,15-19H2,1H3,(H2,30,32)(H,31,35). The van der Waals surface area contributed by atoms with Crippen molar-refractivity contribution < 1.29 is 9.53 Å². The summed E-state index contributed by atoms with van der Waals surface area (Å²) in [4.78, 5) is 22.1. The van der Waals surface area contributed by atoms with Crippen LogP contribution in [0, 0.1) is 0 Å². The number of hydrogen-bond acceptors (Lipinski definition) is 5. The molecule has 7 nitrogen and oxygen atoms in total. The molecule has 0 aliphatic heterocycles. The Morgan fingerprint density at radius 2 is 1.75 bits per heavy atom. The number of ether oxygens (including phenoxy) is 1. The Hall–Kier alpha value is -3.97. The number of unbranched alkanes of at least 4 members (excludes halogenated alkanes) is 1. The van der Waals surface area contributed by atoms with E-state index in [1.54, 1.807) is 0 Å². The van der Waals surface area contributed by atoms with Gasteiger partial charge in [-0.2, -0.15) is 0 Å². The van der Waals surface area contributed by atoms with Gasteiger partial charge in [0, 0.05) is 30.5 Å². The molecule has 0 aliphatic rings. The number of aryl methyl sites for hydroxylation is 1. The minimum Gasteiger partial charge on any atom is -0.382 e. The van der Waals surface area contributed by atoms with Crippen LogP contribution in [0.1, 0.15) is 35.9 Å². The lowest BCUT2D eigenvalue weighted by Crippen LogP contribution is -2.27. The van der Waals surface area contributed by atoms with E-state index in [4.69, 9.17) is 15.5 Å². The third kappa shape index (κ3) is 4.75. The number of fused-ring (bicyclic) bond motifs is 4. The topological polar surface area (TPSA) is 95.1 Å². The van der Waals surface area contributed by atoms with Gasteiger partial charge in [0.25, 0.3) is 5.91 Å². The molecular formula is C29H31N5O2. The molecule has 7 heteroatoms. The molecule has 2 aromatic heterocycles. The second-order valence-corrected chi connectivity index (χ2v) is 8.89. The molecule has 0 saturated heterocycles. The first-order chi connectivity index (χ1) is 17.7. The van der Waals surface area contributed by atoms with Crippen molar-refractivity contribution in [2.45, 2.75) is 32.7 Å². The van der Waals surface area contributed by atoms with Crippen molar-refractivity contribution in [1.29, 1.82) is 0 Å². The van der Waals surface area contributed by atoms with Crippen molar-refractivity contribution in [2.24, 2.45) is 0 Å². The zero-order valence-corrected chi connectivity index (χ0v) is 20.5. The molecule has 0 aliphatic carbocycles. The van der Waals surface area contributed by atoms with Crippen molar-refractivity contribution in [3.8, 4) is 0 Å². The van der Waals surface area contributed by atoms with Gasteiger partial charge < -0.3 is 20.4 Å². The predicted octanol–water partition coefficient (Wildman–Crippen LogP) is 5.11. The number of nitrogens with zero attached hydrogens (tertiary/aromatic N) is 3. The van der Waals surface area contributed by atoms with Crippen molar-refractivity contribution in [2.75, 3.05) is 25.5 Å². The Morgan fingerprint density at radius 1 is 0.972 bits per heavy atom. The first kappa shape index (κ1) is 23.8. The highest BCUT2D eigenvalue weighted by atomic mass is 16.5. The van der Waals surface area contributed by atoms with E-state index >= 15 is 0 Å². The number of imidazole rings is 1. The van der Waals surface area contributed by atoms with Crippen LogP contribution in [0.3, 0.4) is 0 Å². The molecule has 0 radical (unpaired) electrons. The van der Waals surface area contributed by atoms with E-state index in [9.17, 15) is 4.79 Å². The summed E-state index contributed by atoms with van der Waals surface area (Å²) in [6.07, 6.45) is 3.01. The minimum absolute atomic E-state index is 0.0905. The fraction of sp³-hybridized carbons (Fsp3) is 0.276. The zero-order chi connectivity index (χ0) is 24.9. The smallest absolute Gasteiger partial charge is 0.251 e. The normalized spacial score (nSPS) is 11.5. The number of aromatic nitrogens is 3. The summed E-state index contributed by atoms with van der Waals surface area (Å²) in [5.41, 5.74) is 9.58. The summed E-state index contributed by atoms with van der Waals surface area (Å²) >= 11 is 0. The second-order valence-electron chi connectivity index (χ2n) is 8.89. The molecule has 5 aromatic rings. The fourth-order valence-corrected chi connectivity index (χ4v) is 4.68. The first-order valence-electron chi connectivity index (χ1n) is 12.5. The van der Waals surface area contributed by atoms with Crippen LogP contribution >= 0.6 is 0 Å². The number of para-hydroxylation sites is 1. The van der Waals surface area contributed by atoms with E-state index in [1.807, 2.05) is 60.7 Å². The Bertz CT molecular complexity index is 1520. The van der Waals surface area contributed by atoms with Crippen molar-refractivity contribution in [3.63, 3.8) is 0 Å². The van der Waals surface area contributed by atoms with Gasteiger partial charge in [-0.1, -0.05) is 67.9 Å². The summed E-state index contributed by atoms with van der Waals surface area (Å²) in [6.45, 7) is 4.20. The maximum atomic E-state index is 12.7. The summed E-state index contributed by atoms with van der Waals surface area (Å²) in [5, 5.41) is 6.02. The number of carbonyl (C=O) groups excluding carboxylic acids is 1. The van der Waals surface area contributed by atoms with Crippen LogP contribution in [-0.2, 0) is 17.7 Å². The van der Waals surface area contributed by atoms with E-state index in [0.29, 0.717) is 37.7 Å². The van der Waals surface area contributed by atoms with Gasteiger partial charge in [0.05, 0.1) is 24.2 Å². The van der Waals surface area contributed by atoms with E-state index in [1.165, 1.54) is 0 Å². The van der Waals surface area contributed by atoms with Crippen LogP contribution in [0.4, 0.5) is 5.82 Å². The van der Waals surface area contributed by atoms with Crippen LogP contribution in [0.25, 0.3) is 32.7 Å². The Labute approximate surface area is 210 Å². The van der Waals surface area contributed by atoms with Crippen molar-refractivity contribution in [1.82, 2.24) is 19.9 Å². The lowest BCUT2D eigenvalue weighted by molar-refractivity contribution is 0.0910. The van der Waals surface area contributed by atoms with Crippen molar-refractivity contribution in [3.05, 3.63) is 78.1 Å². The number of nitrogens with two attached hydrogens (primary N) is 1. The molecule has 3 N–H and O–H groups in total. The molecule has 2 heterocycles. The summed E-state index contributed by atoms with van der Waals surface area (Å²) in [6, 6.07) is 21.7. The highest BCUT2D eigenvalue weighted by molar-refractivity contribution is 6.07. The van der Waals surface area contributed by atoms with Gasteiger partial charge in [-0.15, -0.1) is 0 Å². The Balaban J connectivity index is 1.25. The van der Waals surface area contributed by atoms with E-state index in [-0.39, 0.29) is 5.91 Å². The number of anilines is 1. The van der Waals surface area contributed by atoms with Crippen molar-refractivity contribution >= 4 is 44.4 Å². The monoisotopic (exact) mass is 481 g/mol. The Morgan fingerprint density at radius 3 is 2.61 bits per heavy atom. The minimum atomic E-state index is -0.0905. The van der Waals surface area contributed by atoms with Crippen LogP contribution < -0.4 is 11.1 Å². The number of nitrogens with one attached hydrogen (secondary N) is 1. The average Bonchev–Trinajstić information content (AvgIpc) is 3.28. The predicted molar refractivity (Wildman–Crippen MR) is 145 cm³/mol. The second kappa shape index (κ2) is 10.7. The van der Waals surface area contributed by atoms with Gasteiger partial charge in [0.1, 0.15) is 11.3 Å². The van der Waals surface area contributed by atoms with Gasteiger partial charge in [0.2, 0.25) is 0 Å². The number of rotatable bonds is 10. The van der Waals surface area contributed by atoms with Crippen LogP contribution in [-0.4, -0.2) is 40.2 Å². The molecule has 0 fully saturated rings. The number of nitrogen functional groups attached to an aromatic ring is 1. The highest BCUT2D eigenvalue weighted by Gasteiger charge is 2.17. The highest BCUT2D eigenvalue weighted by Crippen LogP contribution is 2.29. The summed E-state index contributed by atoms with van der Waals surface area (Å²) < 4.78 is 8.14. The van der Waals surface area contributed by atoms with E-state index in [2.05, 4.69) is 27.9 Å². The number of carbonyl (C=O) groups is 1. The molecule has 0 atom stereocenters. The maximum absolute atomic E-state index is 12.7. The van der Waals surface area contributed by atoms with Crippen LogP contribution in [0.5, 0.6) is 0 Å².